The zero-order valence-electron chi connectivity index (χ0n) is 29.2. The summed E-state index contributed by atoms with van der Waals surface area (Å²) in [6, 6.07) is 30.1. The predicted molar refractivity (Wildman–Crippen MR) is 209 cm³/mol. The van der Waals surface area contributed by atoms with Gasteiger partial charge in [-0.25, -0.2) is 18.4 Å². The summed E-state index contributed by atoms with van der Waals surface area (Å²) < 4.78 is 21.4. The van der Waals surface area contributed by atoms with Crippen molar-refractivity contribution in [2.24, 2.45) is 5.14 Å². The van der Waals surface area contributed by atoms with E-state index < -0.39 is 22.0 Å². The lowest BCUT2D eigenvalue weighted by molar-refractivity contribution is -0.139. The maximum absolute atomic E-state index is 13.4. The first-order valence-corrected chi connectivity index (χ1v) is 19.5. The van der Waals surface area contributed by atoms with Crippen LogP contribution < -0.4 is 15.8 Å². The molecule has 0 aliphatic heterocycles. The molecule has 5 N–H and O–H groups in total. The third-order valence-electron chi connectivity index (χ3n) is 8.18. The molecule has 2 atom stereocenters. The van der Waals surface area contributed by atoms with Gasteiger partial charge in [-0.2, -0.15) is 11.8 Å². The van der Waals surface area contributed by atoms with Crippen LogP contribution in [0.4, 0.5) is 0 Å². The average Bonchev–Trinajstić information content (AvgIpc) is 3.08. The molecule has 11 heteroatoms. The Morgan fingerprint density at radius 2 is 1.54 bits per heavy atom. The van der Waals surface area contributed by atoms with E-state index in [0.717, 1.165) is 60.0 Å². The number of primary sulfonamides is 1. The molecule has 0 heterocycles. The Bertz CT molecular complexity index is 1750. The van der Waals surface area contributed by atoms with Gasteiger partial charge in [-0.3, -0.25) is 4.79 Å². The van der Waals surface area contributed by atoms with Crippen molar-refractivity contribution in [3.8, 4) is 11.1 Å². The second-order valence-corrected chi connectivity index (χ2v) is 14.6. The van der Waals surface area contributed by atoms with E-state index >= 15 is 0 Å². The van der Waals surface area contributed by atoms with Crippen molar-refractivity contribution in [2.75, 3.05) is 18.6 Å². The van der Waals surface area contributed by atoms with Crippen molar-refractivity contribution in [3.05, 3.63) is 125 Å². The van der Waals surface area contributed by atoms with Crippen LogP contribution in [0.25, 0.3) is 11.1 Å². The molecule has 4 aromatic carbocycles. The van der Waals surface area contributed by atoms with Crippen molar-refractivity contribution >= 4 is 46.1 Å². The van der Waals surface area contributed by atoms with Gasteiger partial charge in [0.25, 0.3) is 5.91 Å². The van der Waals surface area contributed by atoms with Crippen molar-refractivity contribution in [1.82, 2.24) is 10.6 Å². The number of hydrogen-bond acceptors (Lipinski definition) is 6. The normalized spacial score (nSPS) is 12.1. The molecule has 0 aromatic heterocycles. The van der Waals surface area contributed by atoms with Crippen LogP contribution in [0.15, 0.2) is 102 Å². The number of benzene rings is 4. The third kappa shape index (κ3) is 13.6. The van der Waals surface area contributed by atoms with Crippen LogP contribution in [0.1, 0.15) is 71.3 Å². The Labute approximate surface area is 308 Å². The fraction of sp³-hybridized carbons (Fsp3) is 0.333. The first kappa shape index (κ1) is 42.5. The number of unbranched alkanes of at least 4 members (excludes halogenated alkanes) is 1. The number of sulfonamides is 1. The number of hydrogen-bond donors (Lipinski definition) is 4. The van der Waals surface area contributed by atoms with Crippen LogP contribution in [0.3, 0.4) is 0 Å². The van der Waals surface area contributed by atoms with E-state index in [1.165, 1.54) is 17.7 Å². The monoisotopic (exact) mass is 739 g/mol. The Hall–Kier alpha value is -3.67. The molecule has 0 saturated heterocycles. The minimum Gasteiger partial charge on any atom is -0.480 e. The van der Waals surface area contributed by atoms with Crippen LogP contribution in [-0.4, -0.2) is 50.0 Å². The molecule has 0 aliphatic rings. The van der Waals surface area contributed by atoms with Gasteiger partial charge in [0.2, 0.25) is 10.0 Å². The minimum atomic E-state index is -3.52. The summed E-state index contributed by atoms with van der Waals surface area (Å²) in [6.07, 6.45) is 6.46. The van der Waals surface area contributed by atoms with Gasteiger partial charge in [-0.1, -0.05) is 98.1 Å². The molecular weight excluding hydrogens is 690 g/mol. The van der Waals surface area contributed by atoms with Crippen LogP contribution in [-0.2, 0) is 21.2 Å². The van der Waals surface area contributed by atoms with Crippen molar-refractivity contribution < 1.29 is 23.1 Å². The summed E-state index contributed by atoms with van der Waals surface area (Å²) in [4.78, 5) is 25.4. The van der Waals surface area contributed by atoms with E-state index in [4.69, 9.17) is 5.14 Å². The van der Waals surface area contributed by atoms with Gasteiger partial charge in [0, 0.05) is 11.6 Å². The van der Waals surface area contributed by atoms with Gasteiger partial charge in [-0.15, -0.1) is 12.4 Å². The van der Waals surface area contributed by atoms with Gasteiger partial charge in [0.15, 0.2) is 0 Å². The van der Waals surface area contributed by atoms with Crippen molar-refractivity contribution in [1.29, 1.82) is 0 Å². The van der Waals surface area contributed by atoms with Crippen LogP contribution >= 0.6 is 24.2 Å². The Balaban J connectivity index is 0.000000615. The fourth-order valence-corrected chi connectivity index (χ4v) is 6.35. The topological polar surface area (TPSA) is 139 Å². The maximum atomic E-state index is 13.4. The molecule has 0 aliphatic carbocycles. The highest BCUT2D eigenvalue weighted by Gasteiger charge is 2.23. The van der Waals surface area contributed by atoms with Gasteiger partial charge >= 0.3 is 5.97 Å². The van der Waals surface area contributed by atoms with E-state index in [9.17, 15) is 23.1 Å². The van der Waals surface area contributed by atoms with Crippen molar-refractivity contribution in [3.63, 3.8) is 0 Å². The van der Waals surface area contributed by atoms with E-state index in [2.05, 4.69) is 47.9 Å². The Morgan fingerprint density at radius 3 is 2.14 bits per heavy atom. The lowest BCUT2D eigenvalue weighted by Crippen LogP contribution is -2.41. The second-order valence-electron chi connectivity index (χ2n) is 12.0. The number of rotatable bonds is 16. The van der Waals surface area contributed by atoms with Crippen LogP contribution in [0.5, 0.6) is 0 Å². The van der Waals surface area contributed by atoms with Crippen LogP contribution in [0.2, 0.25) is 0 Å². The number of halogens is 1. The fourth-order valence-electron chi connectivity index (χ4n) is 5.36. The van der Waals surface area contributed by atoms with Gasteiger partial charge < -0.3 is 15.7 Å². The first-order valence-electron chi connectivity index (χ1n) is 16.5. The van der Waals surface area contributed by atoms with E-state index in [1.54, 1.807) is 23.9 Å². The lowest BCUT2D eigenvalue weighted by atomic mass is 9.90. The number of nitrogens with two attached hydrogens (primary N) is 1. The quantitative estimate of drug-likeness (QED) is 0.0923. The SMILES string of the molecule is CCCCC(NCCc1ccccc1)c1ccc(C(=O)NC(CCSC)C(=O)O)c(-c2ccccc2C)c1.Cc1ccc(S(N)(=O)=O)cc1.Cl. The molecule has 4 rings (SSSR count). The summed E-state index contributed by atoms with van der Waals surface area (Å²) >= 11 is 1.57. The summed E-state index contributed by atoms with van der Waals surface area (Å²) in [5.41, 5.74) is 6.83. The second kappa shape index (κ2) is 21.5. The summed E-state index contributed by atoms with van der Waals surface area (Å²) in [7, 11) is -3.52. The number of aryl methyl sites for hydroxylation is 2. The Morgan fingerprint density at radius 1 is 0.880 bits per heavy atom. The molecule has 270 valence electrons. The van der Waals surface area contributed by atoms with E-state index in [1.807, 2.05) is 62.6 Å². The van der Waals surface area contributed by atoms with Gasteiger partial charge in [0.05, 0.1) is 4.90 Å². The minimum absolute atomic E-state index is 0. The molecule has 0 fully saturated rings. The number of thioether (sulfide) groups is 1. The first-order chi connectivity index (χ1) is 23.4. The molecule has 0 spiro atoms. The summed E-state index contributed by atoms with van der Waals surface area (Å²) in [5.74, 6) is -0.705. The zero-order chi connectivity index (χ0) is 35.8. The summed E-state index contributed by atoms with van der Waals surface area (Å²) in [5, 5.41) is 21.1. The van der Waals surface area contributed by atoms with Crippen LogP contribution in [0, 0.1) is 13.8 Å². The highest BCUT2D eigenvalue weighted by Crippen LogP contribution is 2.31. The number of carbonyl (C=O) groups is 2. The largest absolute Gasteiger partial charge is 0.480 e. The number of carboxylic acid groups (broad SMARTS) is 1. The number of carboxylic acids is 1. The molecule has 0 bridgehead atoms. The number of nitrogens with one attached hydrogen (secondary N) is 2. The number of carbonyl (C=O) groups excluding carboxylic acids is 1. The number of aliphatic carboxylic acids is 1. The molecule has 0 radical (unpaired) electrons. The summed E-state index contributed by atoms with van der Waals surface area (Å²) in [6.45, 7) is 6.97. The molecule has 0 saturated carbocycles. The highest BCUT2D eigenvalue weighted by atomic mass is 35.5. The van der Waals surface area contributed by atoms with Crippen molar-refractivity contribution in [2.45, 2.75) is 69.9 Å². The molecule has 8 nitrogen and oxygen atoms in total. The molecular formula is C39H50ClN3O5S2. The third-order valence-corrected chi connectivity index (χ3v) is 9.76. The zero-order valence-corrected chi connectivity index (χ0v) is 31.7. The lowest BCUT2D eigenvalue weighted by Gasteiger charge is -2.22. The van der Waals surface area contributed by atoms with Gasteiger partial charge in [0.1, 0.15) is 6.04 Å². The van der Waals surface area contributed by atoms with Gasteiger partial charge in [-0.05, 0) is 104 Å². The predicted octanol–water partition coefficient (Wildman–Crippen LogP) is 7.73. The smallest absolute Gasteiger partial charge is 0.326 e. The highest BCUT2D eigenvalue weighted by molar-refractivity contribution is 7.98. The molecule has 50 heavy (non-hydrogen) atoms. The maximum Gasteiger partial charge on any atom is 0.326 e. The molecule has 4 aromatic rings. The standard InChI is InChI=1S/C32H40N2O3S.C7H9NO2S.ClH/c1-4-5-15-29(33-20-18-24-12-7-6-8-13-24)25-16-17-27(28(22-25)26-14-10-9-11-23(26)2)31(35)34-30(32(36)37)19-21-38-3;1-6-2-4-7(5-3-6)11(8,9)10;/h6-14,16-17,22,29-30,33H,4-5,15,18-21H2,1-3H3,(H,34,35)(H,36,37);2-5H,1H3,(H2,8,9,10);1H. The Kier molecular flexibility index (Phi) is 18.3. The van der Waals surface area contributed by atoms with E-state index in [-0.39, 0.29) is 29.3 Å². The molecule has 2 unspecified atom stereocenters. The van der Waals surface area contributed by atoms with E-state index in [0.29, 0.717) is 17.7 Å². The average molecular weight is 740 g/mol. The number of amides is 1. The molecule has 1 amide bonds.